The molecule has 3 nitrogen and oxygen atoms in total. The first-order valence-electron chi connectivity index (χ1n) is 3.78. The second kappa shape index (κ2) is 2.77. The van der Waals surface area contributed by atoms with Crippen LogP contribution in [0.25, 0.3) is 5.69 Å². The molecule has 0 N–H and O–H groups in total. The van der Waals surface area contributed by atoms with Crippen LogP contribution in [0.3, 0.4) is 0 Å². The molecule has 0 aliphatic rings. The minimum Gasteiger partial charge on any atom is -0.265 e. The number of hydrogen-bond donors (Lipinski definition) is 0. The molecule has 0 fully saturated rings. The molecular formula is C9H9N3. The summed E-state index contributed by atoms with van der Waals surface area (Å²) < 4.78 is 1.83. The molecule has 60 valence electrons. The molecule has 0 aliphatic heterocycles. The van der Waals surface area contributed by atoms with Gasteiger partial charge in [0.2, 0.25) is 0 Å². The Hall–Kier alpha value is -1.64. The maximum atomic E-state index is 4.17. The lowest BCUT2D eigenvalue weighted by Gasteiger charge is -1.97. The quantitative estimate of drug-likeness (QED) is 0.632. The highest BCUT2D eigenvalue weighted by Gasteiger charge is 1.95. The van der Waals surface area contributed by atoms with Gasteiger partial charge in [0.15, 0.2) is 0 Å². The van der Waals surface area contributed by atoms with E-state index in [1.807, 2.05) is 36.1 Å². The summed E-state index contributed by atoms with van der Waals surface area (Å²) in [5.74, 6) is 0. The van der Waals surface area contributed by atoms with Gasteiger partial charge in [-0.3, -0.25) is 4.98 Å². The summed E-state index contributed by atoms with van der Waals surface area (Å²) in [5.41, 5.74) is 2.20. The van der Waals surface area contributed by atoms with Crippen LogP contribution < -0.4 is 0 Å². The van der Waals surface area contributed by atoms with Gasteiger partial charge in [0.05, 0.1) is 11.9 Å². The molecule has 0 amide bonds. The lowest BCUT2D eigenvalue weighted by molar-refractivity contribution is 0.877. The van der Waals surface area contributed by atoms with E-state index in [4.69, 9.17) is 0 Å². The van der Waals surface area contributed by atoms with E-state index in [2.05, 4.69) is 10.1 Å². The van der Waals surface area contributed by atoms with E-state index < -0.39 is 0 Å². The van der Waals surface area contributed by atoms with Crippen molar-refractivity contribution in [2.45, 2.75) is 6.92 Å². The molecule has 0 saturated carbocycles. The maximum absolute atomic E-state index is 4.17. The zero-order chi connectivity index (χ0) is 8.39. The third kappa shape index (κ3) is 1.21. The summed E-state index contributed by atoms with van der Waals surface area (Å²) in [7, 11) is 0. The first kappa shape index (κ1) is 7.03. The minimum atomic E-state index is 1.04. The molecule has 2 aromatic heterocycles. The van der Waals surface area contributed by atoms with Crippen LogP contribution in [-0.2, 0) is 0 Å². The zero-order valence-electron chi connectivity index (χ0n) is 6.81. The van der Waals surface area contributed by atoms with Crippen LogP contribution in [0.2, 0.25) is 0 Å². The molecule has 2 heterocycles. The average molecular weight is 159 g/mol. The standard InChI is InChI=1S/C9H9N3/c1-8-6-11-12(7-8)9-2-4-10-5-3-9/h2-7H,1H3. The summed E-state index contributed by atoms with van der Waals surface area (Å²) in [4.78, 5) is 3.94. The van der Waals surface area contributed by atoms with Gasteiger partial charge in [-0.15, -0.1) is 0 Å². The molecule has 0 atom stereocenters. The van der Waals surface area contributed by atoms with E-state index >= 15 is 0 Å². The summed E-state index contributed by atoms with van der Waals surface area (Å²) in [6, 6.07) is 3.85. The van der Waals surface area contributed by atoms with Gasteiger partial charge < -0.3 is 0 Å². The molecule has 0 bridgehead atoms. The Kier molecular flexibility index (Phi) is 1.63. The van der Waals surface area contributed by atoms with Crippen molar-refractivity contribution in [2.75, 3.05) is 0 Å². The molecular weight excluding hydrogens is 150 g/mol. The monoisotopic (exact) mass is 159 g/mol. The van der Waals surface area contributed by atoms with Crippen molar-refractivity contribution in [2.24, 2.45) is 0 Å². The van der Waals surface area contributed by atoms with E-state index in [1.165, 1.54) is 0 Å². The summed E-state index contributed by atoms with van der Waals surface area (Å²) >= 11 is 0. The Balaban J connectivity index is 2.45. The Labute approximate surface area is 70.7 Å². The lowest BCUT2D eigenvalue weighted by Crippen LogP contribution is -1.93. The van der Waals surface area contributed by atoms with E-state index in [0.717, 1.165) is 11.3 Å². The highest BCUT2D eigenvalue weighted by atomic mass is 15.3. The van der Waals surface area contributed by atoms with Gasteiger partial charge in [0.1, 0.15) is 0 Å². The molecule has 0 aromatic carbocycles. The van der Waals surface area contributed by atoms with Crippen molar-refractivity contribution in [1.29, 1.82) is 0 Å². The average Bonchev–Trinajstić information content (AvgIpc) is 2.54. The van der Waals surface area contributed by atoms with Crippen LogP contribution in [0, 0.1) is 6.92 Å². The normalized spacial score (nSPS) is 10.1. The molecule has 0 radical (unpaired) electrons. The number of aromatic nitrogens is 3. The van der Waals surface area contributed by atoms with Crippen LogP contribution in [-0.4, -0.2) is 14.8 Å². The van der Waals surface area contributed by atoms with E-state index in [9.17, 15) is 0 Å². The fourth-order valence-electron chi connectivity index (χ4n) is 1.05. The number of pyridine rings is 1. The van der Waals surface area contributed by atoms with Crippen LogP contribution in [0.4, 0.5) is 0 Å². The lowest BCUT2D eigenvalue weighted by atomic mass is 10.4. The molecule has 2 aromatic rings. The van der Waals surface area contributed by atoms with Crippen molar-refractivity contribution in [3.8, 4) is 5.69 Å². The Morgan fingerprint density at radius 2 is 2.00 bits per heavy atom. The first-order valence-corrected chi connectivity index (χ1v) is 3.78. The Morgan fingerprint density at radius 3 is 2.58 bits per heavy atom. The van der Waals surface area contributed by atoms with E-state index in [1.54, 1.807) is 12.4 Å². The minimum absolute atomic E-state index is 1.04. The number of aryl methyl sites for hydroxylation is 1. The third-order valence-corrected chi connectivity index (χ3v) is 1.64. The molecule has 0 aliphatic carbocycles. The van der Waals surface area contributed by atoms with E-state index in [0.29, 0.717) is 0 Å². The fraction of sp³-hybridized carbons (Fsp3) is 0.111. The Bertz CT molecular complexity index is 364. The summed E-state index contributed by atoms with van der Waals surface area (Å²) in [6.07, 6.45) is 7.33. The molecule has 0 saturated heterocycles. The van der Waals surface area contributed by atoms with Crippen LogP contribution >= 0.6 is 0 Å². The van der Waals surface area contributed by atoms with Gasteiger partial charge in [-0.25, -0.2) is 4.68 Å². The predicted molar refractivity (Wildman–Crippen MR) is 46.1 cm³/mol. The van der Waals surface area contributed by atoms with Crippen molar-refractivity contribution in [3.63, 3.8) is 0 Å². The molecule has 2 rings (SSSR count). The van der Waals surface area contributed by atoms with Crippen molar-refractivity contribution in [1.82, 2.24) is 14.8 Å². The highest BCUT2D eigenvalue weighted by Crippen LogP contribution is 2.04. The van der Waals surface area contributed by atoms with Crippen molar-refractivity contribution >= 4 is 0 Å². The van der Waals surface area contributed by atoms with Gasteiger partial charge >= 0.3 is 0 Å². The third-order valence-electron chi connectivity index (χ3n) is 1.64. The van der Waals surface area contributed by atoms with Crippen LogP contribution in [0.1, 0.15) is 5.56 Å². The molecule has 0 spiro atoms. The largest absolute Gasteiger partial charge is 0.265 e. The SMILES string of the molecule is Cc1cnn(-c2ccncc2)c1. The fourth-order valence-corrected chi connectivity index (χ4v) is 1.05. The molecule has 12 heavy (non-hydrogen) atoms. The van der Waals surface area contributed by atoms with Gasteiger partial charge in [-0.05, 0) is 24.6 Å². The van der Waals surface area contributed by atoms with E-state index in [-0.39, 0.29) is 0 Å². The smallest absolute Gasteiger partial charge is 0.0676 e. The second-order valence-corrected chi connectivity index (χ2v) is 2.67. The second-order valence-electron chi connectivity index (χ2n) is 2.67. The van der Waals surface area contributed by atoms with Crippen LogP contribution in [0.15, 0.2) is 36.9 Å². The first-order chi connectivity index (χ1) is 5.86. The predicted octanol–water partition coefficient (Wildman–Crippen LogP) is 1.58. The zero-order valence-corrected chi connectivity index (χ0v) is 6.81. The Morgan fingerprint density at radius 1 is 1.25 bits per heavy atom. The topological polar surface area (TPSA) is 30.7 Å². The van der Waals surface area contributed by atoms with Crippen LogP contribution in [0.5, 0.6) is 0 Å². The van der Waals surface area contributed by atoms with Gasteiger partial charge in [-0.2, -0.15) is 5.10 Å². The molecule has 0 unspecified atom stereocenters. The molecule has 3 heteroatoms. The van der Waals surface area contributed by atoms with Crippen molar-refractivity contribution in [3.05, 3.63) is 42.5 Å². The van der Waals surface area contributed by atoms with Crippen molar-refractivity contribution < 1.29 is 0 Å². The number of nitrogens with zero attached hydrogens (tertiary/aromatic N) is 3. The maximum Gasteiger partial charge on any atom is 0.0676 e. The van der Waals surface area contributed by atoms with Gasteiger partial charge in [-0.1, -0.05) is 0 Å². The highest BCUT2D eigenvalue weighted by molar-refractivity contribution is 5.28. The van der Waals surface area contributed by atoms with Gasteiger partial charge in [0.25, 0.3) is 0 Å². The summed E-state index contributed by atoms with van der Waals surface area (Å²) in [6.45, 7) is 2.02. The number of hydrogen-bond acceptors (Lipinski definition) is 2. The van der Waals surface area contributed by atoms with Gasteiger partial charge in [0, 0.05) is 18.6 Å². The number of rotatable bonds is 1. The summed E-state index contributed by atoms with van der Waals surface area (Å²) in [5, 5.41) is 4.17.